The Hall–Kier alpha value is -1.16. The highest BCUT2D eigenvalue weighted by Gasteiger charge is 2.15. The van der Waals surface area contributed by atoms with Crippen molar-refractivity contribution < 1.29 is 13.5 Å². The van der Waals surface area contributed by atoms with Crippen molar-refractivity contribution in [1.29, 1.82) is 0 Å². The van der Waals surface area contributed by atoms with Gasteiger partial charge in [-0.05, 0) is 49.5 Å². The van der Waals surface area contributed by atoms with E-state index in [1.54, 1.807) is 18.2 Å². The zero-order chi connectivity index (χ0) is 11.4. The molecule has 1 aliphatic rings. The molecule has 0 spiro atoms. The van der Waals surface area contributed by atoms with Crippen LogP contribution in [-0.4, -0.2) is 19.7 Å². The third-order valence-electron chi connectivity index (χ3n) is 2.89. The van der Waals surface area contributed by atoms with Crippen LogP contribution < -0.4 is 10.1 Å². The lowest BCUT2D eigenvalue weighted by atomic mass is 9.90. The van der Waals surface area contributed by atoms with Crippen LogP contribution in [0.15, 0.2) is 24.3 Å². The van der Waals surface area contributed by atoms with E-state index in [1.165, 1.54) is 0 Å². The first kappa shape index (κ1) is 11.3. The van der Waals surface area contributed by atoms with Gasteiger partial charge in [0, 0.05) is 0 Å². The van der Waals surface area contributed by atoms with Gasteiger partial charge < -0.3 is 10.1 Å². The molecule has 2 nitrogen and oxygen atoms in total. The number of halogens is 2. The summed E-state index contributed by atoms with van der Waals surface area (Å²) >= 11 is 0. The summed E-state index contributed by atoms with van der Waals surface area (Å²) < 4.78 is 28.5. The summed E-state index contributed by atoms with van der Waals surface area (Å²) in [5.41, 5.74) is 1.10. The van der Waals surface area contributed by atoms with Crippen molar-refractivity contribution >= 4 is 0 Å². The van der Waals surface area contributed by atoms with Crippen LogP contribution in [0.25, 0.3) is 0 Å². The first-order valence-electron chi connectivity index (χ1n) is 5.51. The topological polar surface area (TPSA) is 21.3 Å². The van der Waals surface area contributed by atoms with E-state index >= 15 is 0 Å². The van der Waals surface area contributed by atoms with Crippen LogP contribution in [0.3, 0.4) is 0 Å². The molecule has 0 saturated carbocycles. The van der Waals surface area contributed by atoms with Crippen molar-refractivity contribution in [1.82, 2.24) is 5.32 Å². The molecule has 0 bridgehead atoms. The molecular weight excluding hydrogens is 212 g/mol. The van der Waals surface area contributed by atoms with Gasteiger partial charge in [0.2, 0.25) is 0 Å². The van der Waals surface area contributed by atoms with Crippen LogP contribution in [0, 0.1) is 0 Å². The van der Waals surface area contributed by atoms with Crippen molar-refractivity contribution in [3.63, 3.8) is 0 Å². The second kappa shape index (κ2) is 5.25. The van der Waals surface area contributed by atoms with E-state index in [9.17, 15) is 8.78 Å². The number of benzene rings is 1. The van der Waals surface area contributed by atoms with Gasteiger partial charge >= 0.3 is 6.61 Å². The van der Waals surface area contributed by atoms with E-state index < -0.39 is 6.61 Å². The van der Waals surface area contributed by atoms with Gasteiger partial charge in [-0.1, -0.05) is 12.1 Å². The average Bonchev–Trinajstić information content (AvgIpc) is 2.30. The second-order valence-corrected chi connectivity index (χ2v) is 3.98. The number of hydrogen-bond acceptors (Lipinski definition) is 2. The highest BCUT2D eigenvalue weighted by atomic mass is 19.3. The molecule has 1 saturated heterocycles. The van der Waals surface area contributed by atoms with Crippen LogP contribution in [0.5, 0.6) is 5.75 Å². The van der Waals surface area contributed by atoms with Gasteiger partial charge in [-0.2, -0.15) is 8.78 Å². The van der Waals surface area contributed by atoms with Gasteiger partial charge in [0.1, 0.15) is 5.75 Å². The van der Waals surface area contributed by atoms with E-state index in [0.717, 1.165) is 31.5 Å². The summed E-state index contributed by atoms with van der Waals surface area (Å²) in [6, 6.07) is 7.04. The zero-order valence-corrected chi connectivity index (χ0v) is 8.96. The van der Waals surface area contributed by atoms with Crippen LogP contribution in [0.2, 0.25) is 0 Å². The Bertz CT molecular complexity index is 338. The molecule has 0 unspecified atom stereocenters. The summed E-state index contributed by atoms with van der Waals surface area (Å²) in [7, 11) is 0. The Balaban J connectivity index is 2.08. The van der Waals surface area contributed by atoms with Crippen molar-refractivity contribution in [3.8, 4) is 5.75 Å². The average molecular weight is 227 g/mol. The first-order valence-corrected chi connectivity index (χ1v) is 5.51. The summed E-state index contributed by atoms with van der Waals surface area (Å²) in [5.74, 6) is 0.716. The number of alkyl halides is 2. The van der Waals surface area contributed by atoms with Gasteiger partial charge in [0.25, 0.3) is 0 Å². The van der Waals surface area contributed by atoms with E-state index in [4.69, 9.17) is 0 Å². The Morgan fingerprint density at radius 2 is 2.00 bits per heavy atom. The molecule has 0 amide bonds. The van der Waals surface area contributed by atoms with Crippen molar-refractivity contribution in [2.75, 3.05) is 13.1 Å². The summed E-state index contributed by atoms with van der Waals surface area (Å²) in [6.45, 7) is -0.766. The molecule has 0 atom stereocenters. The van der Waals surface area contributed by atoms with Gasteiger partial charge in [-0.25, -0.2) is 0 Å². The predicted molar refractivity (Wildman–Crippen MR) is 57.9 cm³/mol. The molecule has 0 aliphatic carbocycles. The lowest BCUT2D eigenvalue weighted by Gasteiger charge is -2.23. The van der Waals surface area contributed by atoms with Crippen LogP contribution in [0.1, 0.15) is 24.3 Å². The summed E-state index contributed by atoms with van der Waals surface area (Å²) in [6.07, 6.45) is 2.11. The molecule has 1 aromatic rings. The predicted octanol–water partition coefficient (Wildman–Crippen LogP) is 2.76. The van der Waals surface area contributed by atoms with Crippen LogP contribution >= 0.6 is 0 Å². The molecule has 1 aromatic carbocycles. The molecule has 16 heavy (non-hydrogen) atoms. The van der Waals surface area contributed by atoms with Gasteiger partial charge in [-0.15, -0.1) is 0 Å². The summed E-state index contributed by atoms with van der Waals surface area (Å²) in [5, 5.41) is 3.28. The second-order valence-electron chi connectivity index (χ2n) is 3.98. The smallest absolute Gasteiger partial charge is 0.387 e. The maximum Gasteiger partial charge on any atom is 0.387 e. The minimum atomic E-state index is -2.75. The number of nitrogens with one attached hydrogen (secondary N) is 1. The van der Waals surface area contributed by atoms with E-state index in [1.807, 2.05) is 6.07 Å². The third kappa shape index (κ3) is 2.92. The van der Waals surface area contributed by atoms with E-state index in [0.29, 0.717) is 5.92 Å². The summed E-state index contributed by atoms with van der Waals surface area (Å²) in [4.78, 5) is 0. The Labute approximate surface area is 93.6 Å². The fraction of sp³-hybridized carbons (Fsp3) is 0.500. The van der Waals surface area contributed by atoms with Crippen molar-refractivity contribution in [2.24, 2.45) is 0 Å². The number of hydrogen-bond donors (Lipinski definition) is 1. The highest BCUT2D eigenvalue weighted by molar-refractivity contribution is 5.31. The molecule has 4 heteroatoms. The first-order chi connectivity index (χ1) is 7.75. The standard InChI is InChI=1S/C12H15F2NO/c13-12(14)16-11-3-1-2-10(8-11)9-4-6-15-7-5-9/h1-3,8-9,12,15H,4-7H2. The van der Waals surface area contributed by atoms with Gasteiger partial charge in [-0.3, -0.25) is 0 Å². The normalized spacial score (nSPS) is 17.7. The molecule has 0 radical (unpaired) electrons. The third-order valence-corrected chi connectivity index (χ3v) is 2.89. The Kier molecular flexibility index (Phi) is 3.72. The molecule has 1 N–H and O–H groups in total. The van der Waals surface area contributed by atoms with Gasteiger partial charge in [0.15, 0.2) is 0 Å². The molecule has 0 aromatic heterocycles. The van der Waals surface area contributed by atoms with Crippen molar-refractivity contribution in [2.45, 2.75) is 25.4 Å². The lowest BCUT2D eigenvalue weighted by Crippen LogP contribution is -2.26. The van der Waals surface area contributed by atoms with Crippen LogP contribution in [0.4, 0.5) is 8.78 Å². The molecule has 2 rings (SSSR count). The Morgan fingerprint density at radius 3 is 2.69 bits per heavy atom. The molecular formula is C12H15F2NO. The number of ether oxygens (including phenoxy) is 1. The van der Waals surface area contributed by atoms with Crippen molar-refractivity contribution in [3.05, 3.63) is 29.8 Å². The Morgan fingerprint density at radius 1 is 1.25 bits per heavy atom. The molecule has 1 aliphatic heterocycles. The largest absolute Gasteiger partial charge is 0.435 e. The van der Waals surface area contributed by atoms with E-state index in [-0.39, 0.29) is 5.75 Å². The maximum atomic E-state index is 12.1. The fourth-order valence-electron chi connectivity index (χ4n) is 2.10. The minimum Gasteiger partial charge on any atom is -0.435 e. The maximum absolute atomic E-state index is 12.1. The van der Waals surface area contributed by atoms with Crippen LogP contribution in [-0.2, 0) is 0 Å². The minimum absolute atomic E-state index is 0.256. The SMILES string of the molecule is FC(F)Oc1cccc(C2CCNCC2)c1. The number of piperidine rings is 1. The van der Waals surface area contributed by atoms with Gasteiger partial charge in [0.05, 0.1) is 0 Å². The fourth-order valence-corrected chi connectivity index (χ4v) is 2.10. The molecule has 1 heterocycles. The zero-order valence-electron chi connectivity index (χ0n) is 8.96. The number of rotatable bonds is 3. The highest BCUT2D eigenvalue weighted by Crippen LogP contribution is 2.28. The molecule has 1 fully saturated rings. The lowest BCUT2D eigenvalue weighted by molar-refractivity contribution is -0.0499. The molecule has 88 valence electrons. The van der Waals surface area contributed by atoms with E-state index in [2.05, 4.69) is 10.1 Å². The monoisotopic (exact) mass is 227 g/mol. The quantitative estimate of drug-likeness (QED) is 0.857.